The second-order valence-corrected chi connectivity index (χ2v) is 3.75. The number of hydrogen-bond acceptors (Lipinski definition) is 3. The van der Waals surface area contributed by atoms with Crippen molar-refractivity contribution in [3.63, 3.8) is 0 Å². The molecule has 88 valence electrons. The lowest BCUT2D eigenvalue weighted by atomic mass is 10.0. The molecule has 0 radical (unpaired) electrons. The number of H-pyrrole nitrogens is 1. The van der Waals surface area contributed by atoms with E-state index in [1.54, 1.807) is 13.1 Å². The van der Waals surface area contributed by atoms with Crippen LogP contribution in [0.5, 0.6) is 0 Å². The normalized spacial score (nSPS) is 10.2. The Balaban J connectivity index is 2.40. The summed E-state index contributed by atoms with van der Waals surface area (Å²) < 4.78 is 4.97. The molecule has 1 aromatic heterocycles. The third kappa shape index (κ3) is 2.36. The SMILES string of the molecule is CCOC(=O)c1[nH]ncc1-c1cccc(C)c1. The fraction of sp³-hybridized carbons (Fsp3) is 0.231. The van der Waals surface area contributed by atoms with Gasteiger partial charge in [0, 0.05) is 5.56 Å². The zero-order chi connectivity index (χ0) is 12.3. The number of nitrogens with one attached hydrogen (secondary N) is 1. The topological polar surface area (TPSA) is 55.0 Å². The second kappa shape index (κ2) is 4.82. The van der Waals surface area contributed by atoms with E-state index in [4.69, 9.17) is 4.74 Å². The number of aromatic nitrogens is 2. The second-order valence-electron chi connectivity index (χ2n) is 3.75. The number of hydrogen-bond donors (Lipinski definition) is 1. The van der Waals surface area contributed by atoms with Crippen molar-refractivity contribution in [2.45, 2.75) is 13.8 Å². The first-order chi connectivity index (χ1) is 8.22. The lowest BCUT2D eigenvalue weighted by Crippen LogP contribution is -2.06. The molecule has 0 saturated heterocycles. The zero-order valence-corrected chi connectivity index (χ0v) is 9.86. The molecular weight excluding hydrogens is 216 g/mol. The van der Waals surface area contributed by atoms with E-state index in [0.29, 0.717) is 12.3 Å². The van der Waals surface area contributed by atoms with E-state index in [2.05, 4.69) is 10.2 Å². The molecule has 1 heterocycles. The fourth-order valence-electron chi connectivity index (χ4n) is 1.68. The van der Waals surface area contributed by atoms with Crippen LogP contribution >= 0.6 is 0 Å². The highest BCUT2D eigenvalue weighted by molar-refractivity contribution is 5.95. The van der Waals surface area contributed by atoms with Gasteiger partial charge in [-0.1, -0.05) is 29.8 Å². The number of esters is 1. The number of nitrogens with zero attached hydrogens (tertiary/aromatic N) is 1. The quantitative estimate of drug-likeness (QED) is 0.824. The highest BCUT2D eigenvalue weighted by atomic mass is 16.5. The van der Waals surface area contributed by atoms with Gasteiger partial charge in [0.1, 0.15) is 0 Å². The van der Waals surface area contributed by atoms with Crippen LogP contribution in [0.2, 0.25) is 0 Å². The number of carbonyl (C=O) groups is 1. The van der Waals surface area contributed by atoms with Crippen LogP contribution in [0.1, 0.15) is 23.0 Å². The van der Waals surface area contributed by atoms with Crippen molar-refractivity contribution in [2.75, 3.05) is 6.61 Å². The van der Waals surface area contributed by atoms with Crippen LogP contribution in [-0.2, 0) is 4.74 Å². The van der Waals surface area contributed by atoms with Gasteiger partial charge in [0.15, 0.2) is 5.69 Å². The molecule has 2 rings (SSSR count). The lowest BCUT2D eigenvalue weighted by Gasteiger charge is -2.03. The summed E-state index contributed by atoms with van der Waals surface area (Å²) in [4.78, 5) is 11.7. The maximum Gasteiger partial charge on any atom is 0.356 e. The van der Waals surface area contributed by atoms with Gasteiger partial charge in [-0.2, -0.15) is 5.10 Å². The summed E-state index contributed by atoms with van der Waals surface area (Å²) in [6, 6.07) is 7.91. The standard InChI is InChI=1S/C13H14N2O2/c1-3-17-13(16)12-11(8-14-15-12)10-6-4-5-9(2)7-10/h4-8H,3H2,1-2H3,(H,14,15). The number of rotatable bonds is 3. The molecule has 0 aliphatic heterocycles. The Kier molecular flexibility index (Phi) is 3.23. The number of carbonyl (C=O) groups excluding carboxylic acids is 1. The van der Waals surface area contributed by atoms with Crippen molar-refractivity contribution in [2.24, 2.45) is 0 Å². The third-order valence-electron chi connectivity index (χ3n) is 2.45. The molecule has 0 bridgehead atoms. The summed E-state index contributed by atoms with van der Waals surface area (Å²) >= 11 is 0. The zero-order valence-electron chi connectivity index (χ0n) is 9.86. The van der Waals surface area contributed by atoms with Crippen molar-refractivity contribution >= 4 is 5.97 Å². The smallest absolute Gasteiger partial charge is 0.356 e. The van der Waals surface area contributed by atoms with Gasteiger partial charge in [-0.25, -0.2) is 4.79 Å². The van der Waals surface area contributed by atoms with Gasteiger partial charge in [0.2, 0.25) is 0 Å². The van der Waals surface area contributed by atoms with Gasteiger partial charge in [-0.05, 0) is 19.4 Å². The molecule has 0 aliphatic rings. The van der Waals surface area contributed by atoms with Gasteiger partial charge >= 0.3 is 5.97 Å². The Morgan fingerprint density at radius 1 is 1.47 bits per heavy atom. The largest absolute Gasteiger partial charge is 0.461 e. The van der Waals surface area contributed by atoms with Crippen molar-refractivity contribution in [3.8, 4) is 11.1 Å². The summed E-state index contributed by atoms with van der Waals surface area (Å²) in [6.07, 6.45) is 1.64. The van der Waals surface area contributed by atoms with Gasteiger partial charge in [0.05, 0.1) is 12.8 Å². The van der Waals surface area contributed by atoms with Crippen molar-refractivity contribution in [1.82, 2.24) is 10.2 Å². The van der Waals surface area contributed by atoms with E-state index in [1.807, 2.05) is 31.2 Å². The molecule has 0 spiro atoms. The first kappa shape index (κ1) is 11.4. The molecule has 0 fully saturated rings. The Labute approximate surface area is 99.6 Å². The van der Waals surface area contributed by atoms with Crippen LogP contribution in [0, 0.1) is 6.92 Å². The van der Waals surface area contributed by atoms with E-state index >= 15 is 0 Å². The molecule has 4 nitrogen and oxygen atoms in total. The number of benzene rings is 1. The number of aryl methyl sites for hydroxylation is 1. The molecule has 0 unspecified atom stereocenters. The Hall–Kier alpha value is -2.10. The van der Waals surface area contributed by atoms with E-state index in [0.717, 1.165) is 16.7 Å². The molecule has 0 aliphatic carbocycles. The van der Waals surface area contributed by atoms with Crippen LogP contribution in [0.25, 0.3) is 11.1 Å². The summed E-state index contributed by atoms with van der Waals surface area (Å²) in [7, 11) is 0. The number of aromatic amines is 1. The molecule has 0 saturated carbocycles. The maximum absolute atomic E-state index is 11.7. The predicted octanol–water partition coefficient (Wildman–Crippen LogP) is 2.56. The first-order valence-corrected chi connectivity index (χ1v) is 5.50. The van der Waals surface area contributed by atoms with Crippen molar-refractivity contribution in [3.05, 3.63) is 41.7 Å². The monoisotopic (exact) mass is 230 g/mol. The summed E-state index contributed by atoms with van der Waals surface area (Å²) in [5.74, 6) is -0.374. The Morgan fingerprint density at radius 3 is 3.00 bits per heavy atom. The van der Waals surface area contributed by atoms with Crippen molar-refractivity contribution < 1.29 is 9.53 Å². The molecule has 1 aromatic carbocycles. The van der Waals surface area contributed by atoms with Gasteiger partial charge in [0.25, 0.3) is 0 Å². The van der Waals surface area contributed by atoms with Gasteiger partial charge in [-0.3, -0.25) is 5.10 Å². The molecule has 17 heavy (non-hydrogen) atoms. The van der Waals surface area contributed by atoms with Gasteiger partial charge < -0.3 is 4.74 Å². The van der Waals surface area contributed by atoms with Crippen LogP contribution in [0.4, 0.5) is 0 Å². The third-order valence-corrected chi connectivity index (χ3v) is 2.45. The predicted molar refractivity (Wildman–Crippen MR) is 64.7 cm³/mol. The molecule has 2 aromatic rings. The molecule has 0 atom stereocenters. The van der Waals surface area contributed by atoms with E-state index in [-0.39, 0.29) is 5.97 Å². The summed E-state index contributed by atoms with van der Waals surface area (Å²) in [6.45, 7) is 4.14. The summed E-state index contributed by atoms with van der Waals surface area (Å²) in [5.41, 5.74) is 3.27. The summed E-state index contributed by atoms with van der Waals surface area (Å²) in [5, 5.41) is 6.59. The maximum atomic E-state index is 11.7. The van der Waals surface area contributed by atoms with Crippen LogP contribution < -0.4 is 0 Å². The molecular formula is C13H14N2O2. The van der Waals surface area contributed by atoms with Crippen LogP contribution in [-0.4, -0.2) is 22.8 Å². The highest BCUT2D eigenvalue weighted by Gasteiger charge is 2.15. The molecule has 1 N–H and O–H groups in total. The Morgan fingerprint density at radius 2 is 2.29 bits per heavy atom. The average Bonchev–Trinajstić information content (AvgIpc) is 2.78. The van der Waals surface area contributed by atoms with Gasteiger partial charge in [-0.15, -0.1) is 0 Å². The van der Waals surface area contributed by atoms with E-state index in [9.17, 15) is 4.79 Å². The van der Waals surface area contributed by atoms with Crippen molar-refractivity contribution in [1.29, 1.82) is 0 Å². The molecule has 4 heteroatoms. The van der Waals surface area contributed by atoms with E-state index < -0.39 is 0 Å². The minimum Gasteiger partial charge on any atom is -0.461 e. The van der Waals surface area contributed by atoms with Crippen LogP contribution in [0.15, 0.2) is 30.5 Å². The lowest BCUT2D eigenvalue weighted by molar-refractivity contribution is 0.0520. The highest BCUT2D eigenvalue weighted by Crippen LogP contribution is 2.23. The minimum absolute atomic E-state index is 0.352. The Bertz CT molecular complexity index is 532. The van der Waals surface area contributed by atoms with Crippen LogP contribution in [0.3, 0.4) is 0 Å². The average molecular weight is 230 g/mol. The molecule has 0 amide bonds. The number of ether oxygens (including phenoxy) is 1. The fourth-order valence-corrected chi connectivity index (χ4v) is 1.68. The minimum atomic E-state index is -0.374. The first-order valence-electron chi connectivity index (χ1n) is 5.50. The van der Waals surface area contributed by atoms with E-state index in [1.165, 1.54) is 0 Å².